The summed E-state index contributed by atoms with van der Waals surface area (Å²) in [5.74, 6) is 1.11. The van der Waals surface area contributed by atoms with Gasteiger partial charge in [-0.25, -0.2) is 0 Å². The summed E-state index contributed by atoms with van der Waals surface area (Å²) in [6.07, 6.45) is 5.36. The standard InChI is InChI=1S/C28H30N4O3/c1-30(22-10-14-29-15-11-22)28(34)24-7-3-2-6-23(24)21-12-16-31(17-13-21)18-19-32-25-8-4-5-9-26(25)35-20-27(32)33/h2-11,14-15,21H,12-13,16-20H2,1H3. The number of hydrogen-bond donors (Lipinski definition) is 0. The van der Waals surface area contributed by atoms with Crippen molar-refractivity contribution in [2.45, 2.75) is 18.8 Å². The predicted molar refractivity (Wildman–Crippen MR) is 136 cm³/mol. The molecule has 0 aliphatic carbocycles. The number of ether oxygens (including phenoxy) is 1. The minimum absolute atomic E-state index is 0.00118. The highest BCUT2D eigenvalue weighted by atomic mass is 16.5. The van der Waals surface area contributed by atoms with Gasteiger partial charge in [0.2, 0.25) is 0 Å². The SMILES string of the molecule is CN(C(=O)c1ccccc1C1CCN(CCN2C(=O)COc3ccccc32)CC1)c1ccncc1. The van der Waals surface area contributed by atoms with E-state index in [9.17, 15) is 9.59 Å². The Morgan fingerprint density at radius 3 is 2.51 bits per heavy atom. The molecule has 0 N–H and O–H groups in total. The number of para-hydroxylation sites is 2. The fraction of sp³-hybridized carbons (Fsp3) is 0.321. The Morgan fingerprint density at radius 1 is 1.00 bits per heavy atom. The van der Waals surface area contributed by atoms with Crippen molar-refractivity contribution in [2.24, 2.45) is 0 Å². The Labute approximate surface area is 205 Å². The van der Waals surface area contributed by atoms with Crippen molar-refractivity contribution in [3.8, 4) is 5.75 Å². The first-order valence-corrected chi connectivity index (χ1v) is 12.1. The Hall–Kier alpha value is -3.71. The normalized spacial score (nSPS) is 16.5. The van der Waals surface area contributed by atoms with Gasteiger partial charge in [0, 0.05) is 43.8 Å². The molecular weight excluding hydrogens is 440 g/mol. The van der Waals surface area contributed by atoms with Crippen LogP contribution >= 0.6 is 0 Å². The lowest BCUT2D eigenvalue weighted by atomic mass is 9.86. The molecule has 7 heteroatoms. The summed E-state index contributed by atoms with van der Waals surface area (Å²) < 4.78 is 5.56. The summed E-state index contributed by atoms with van der Waals surface area (Å²) in [7, 11) is 1.81. The van der Waals surface area contributed by atoms with Gasteiger partial charge in [0.05, 0.1) is 5.69 Å². The van der Waals surface area contributed by atoms with Crippen LogP contribution in [-0.2, 0) is 4.79 Å². The number of carbonyl (C=O) groups excluding carboxylic acids is 2. The van der Waals surface area contributed by atoms with E-state index in [-0.39, 0.29) is 18.4 Å². The molecule has 0 saturated carbocycles. The quantitative estimate of drug-likeness (QED) is 0.546. The van der Waals surface area contributed by atoms with Gasteiger partial charge in [-0.05, 0) is 67.7 Å². The Morgan fingerprint density at radius 2 is 1.71 bits per heavy atom. The molecule has 0 spiro atoms. The van der Waals surface area contributed by atoms with E-state index in [1.807, 2.05) is 66.5 Å². The van der Waals surface area contributed by atoms with Crippen molar-refractivity contribution in [1.29, 1.82) is 0 Å². The third-order valence-corrected chi connectivity index (χ3v) is 7.02. The van der Waals surface area contributed by atoms with E-state index in [1.165, 1.54) is 0 Å². The molecular formula is C28H30N4O3. The maximum Gasteiger partial charge on any atom is 0.265 e. The maximum absolute atomic E-state index is 13.3. The van der Waals surface area contributed by atoms with Gasteiger partial charge in [-0.3, -0.25) is 14.6 Å². The molecule has 5 rings (SSSR count). The number of piperidine rings is 1. The van der Waals surface area contributed by atoms with E-state index in [0.717, 1.165) is 60.7 Å². The maximum atomic E-state index is 13.3. The zero-order chi connectivity index (χ0) is 24.2. The van der Waals surface area contributed by atoms with Crippen molar-refractivity contribution in [1.82, 2.24) is 9.88 Å². The van der Waals surface area contributed by atoms with Gasteiger partial charge in [0.15, 0.2) is 6.61 Å². The Kier molecular flexibility index (Phi) is 6.77. The van der Waals surface area contributed by atoms with Crippen molar-refractivity contribution >= 4 is 23.2 Å². The van der Waals surface area contributed by atoms with E-state index >= 15 is 0 Å². The molecule has 2 aliphatic rings. The molecule has 35 heavy (non-hydrogen) atoms. The number of fused-ring (bicyclic) bond motifs is 1. The third-order valence-electron chi connectivity index (χ3n) is 7.02. The summed E-state index contributed by atoms with van der Waals surface area (Å²) in [5.41, 5.74) is 3.56. The van der Waals surface area contributed by atoms with Crippen molar-refractivity contribution in [3.05, 3.63) is 84.2 Å². The number of rotatable bonds is 6. The van der Waals surface area contributed by atoms with Gasteiger partial charge >= 0.3 is 0 Å². The summed E-state index contributed by atoms with van der Waals surface area (Å²) in [6, 6.07) is 19.4. The van der Waals surface area contributed by atoms with Crippen LogP contribution in [0.25, 0.3) is 0 Å². The molecule has 1 aromatic heterocycles. The van der Waals surface area contributed by atoms with Crippen LogP contribution in [-0.4, -0.2) is 61.5 Å². The fourth-order valence-corrected chi connectivity index (χ4v) is 5.02. The molecule has 0 atom stereocenters. The van der Waals surface area contributed by atoms with Gasteiger partial charge in [0.1, 0.15) is 5.75 Å². The van der Waals surface area contributed by atoms with Crippen molar-refractivity contribution in [2.75, 3.05) is 49.6 Å². The number of hydrogen-bond acceptors (Lipinski definition) is 5. The number of amides is 2. The highest BCUT2D eigenvalue weighted by Gasteiger charge is 2.28. The third kappa shape index (κ3) is 4.91. The molecule has 7 nitrogen and oxygen atoms in total. The van der Waals surface area contributed by atoms with Gasteiger partial charge in [-0.1, -0.05) is 30.3 Å². The Bertz CT molecular complexity index is 1190. The second-order valence-electron chi connectivity index (χ2n) is 9.07. The molecule has 0 bridgehead atoms. The number of anilines is 2. The first-order valence-electron chi connectivity index (χ1n) is 12.1. The number of nitrogens with zero attached hydrogens (tertiary/aromatic N) is 4. The summed E-state index contributed by atoms with van der Waals surface area (Å²) in [4.78, 5) is 35.8. The molecule has 3 heterocycles. The largest absolute Gasteiger partial charge is 0.482 e. The van der Waals surface area contributed by atoms with Gasteiger partial charge in [-0.2, -0.15) is 0 Å². The molecule has 0 radical (unpaired) electrons. The van der Waals surface area contributed by atoms with E-state index in [4.69, 9.17) is 4.74 Å². The second-order valence-corrected chi connectivity index (χ2v) is 9.07. The predicted octanol–water partition coefficient (Wildman–Crippen LogP) is 3.96. The first-order chi connectivity index (χ1) is 17.1. The van der Waals surface area contributed by atoms with Gasteiger partial charge in [-0.15, -0.1) is 0 Å². The van der Waals surface area contributed by atoms with Crippen LogP contribution in [0.5, 0.6) is 5.75 Å². The lowest BCUT2D eigenvalue weighted by Gasteiger charge is -2.35. The second kappa shape index (κ2) is 10.3. The molecule has 2 aromatic carbocycles. The number of aromatic nitrogens is 1. The minimum Gasteiger partial charge on any atom is -0.482 e. The number of pyridine rings is 1. The molecule has 1 saturated heterocycles. The van der Waals surface area contributed by atoms with Gasteiger partial charge in [0.25, 0.3) is 11.8 Å². The fourth-order valence-electron chi connectivity index (χ4n) is 5.02. The summed E-state index contributed by atoms with van der Waals surface area (Å²) >= 11 is 0. The topological polar surface area (TPSA) is 66.0 Å². The smallest absolute Gasteiger partial charge is 0.265 e. The Balaban J connectivity index is 1.22. The van der Waals surface area contributed by atoms with E-state index in [1.54, 1.807) is 17.3 Å². The lowest BCUT2D eigenvalue weighted by Crippen LogP contribution is -2.45. The molecule has 3 aromatic rings. The van der Waals surface area contributed by atoms with Crippen LogP contribution in [0, 0.1) is 0 Å². The molecule has 1 fully saturated rings. The van der Waals surface area contributed by atoms with Crippen LogP contribution in [0.4, 0.5) is 11.4 Å². The van der Waals surface area contributed by atoms with Crippen molar-refractivity contribution in [3.63, 3.8) is 0 Å². The monoisotopic (exact) mass is 470 g/mol. The summed E-state index contributed by atoms with van der Waals surface area (Å²) in [6.45, 7) is 3.44. The van der Waals surface area contributed by atoms with Crippen LogP contribution < -0.4 is 14.5 Å². The number of benzene rings is 2. The zero-order valence-electron chi connectivity index (χ0n) is 20.0. The van der Waals surface area contributed by atoms with E-state index in [0.29, 0.717) is 12.5 Å². The highest BCUT2D eigenvalue weighted by molar-refractivity contribution is 6.06. The number of likely N-dealkylation sites (tertiary alicyclic amines) is 1. The molecule has 2 aliphatic heterocycles. The summed E-state index contributed by atoms with van der Waals surface area (Å²) in [5, 5.41) is 0. The van der Waals surface area contributed by atoms with Crippen LogP contribution in [0.3, 0.4) is 0 Å². The molecule has 180 valence electrons. The lowest BCUT2D eigenvalue weighted by molar-refractivity contribution is -0.121. The first kappa shape index (κ1) is 23.1. The van der Waals surface area contributed by atoms with Crippen LogP contribution in [0.2, 0.25) is 0 Å². The zero-order valence-corrected chi connectivity index (χ0v) is 20.0. The molecule has 0 unspecified atom stereocenters. The van der Waals surface area contributed by atoms with Gasteiger partial charge < -0.3 is 19.4 Å². The van der Waals surface area contributed by atoms with Crippen LogP contribution in [0.1, 0.15) is 34.7 Å². The average molecular weight is 471 g/mol. The van der Waals surface area contributed by atoms with E-state index in [2.05, 4.69) is 16.0 Å². The average Bonchev–Trinajstić information content (AvgIpc) is 2.92. The number of carbonyl (C=O) groups is 2. The van der Waals surface area contributed by atoms with E-state index < -0.39 is 0 Å². The highest BCUT2D eigenvalue weighted by Crippen LogP contribution is 2.33. The van der Waals surface area contributed by atoms with Crippen molar-refractivity contribution < 1.29 is 14.3 Å². The minimum atomic E-state index is -0.00118. The van der Waals surface area contributed by atoms with Crippen LogP contribution in [0.15, 0.2) is 73.1 Å². The molecule has 2 amide bonds.